The molecular weight excluding hydrogens is 144 g/mol. The molecule has 0 aliphatic heterocycles. The third kappa shape index (κ3) is 0.352. The van der Waals surface area contributed by atoms with Crippen LogP contribution in [0.4, 0.5) is 0 Å². The van der Waals surface area contributed by atoms with Crippen LogP contribution in [0.1, 0.15) is 25.7 Å². The van der Waals surface area contributed by atoms with Gasteiger partial charge in [0, 0.05) is 0 Å². The zero-order chi connectivity index (χ0) is 7.45. The van der Waals surface area contributed by atoms with Gasteiger partial charge in [-0.1, -0.05) is 0 Å². The summed E-state index contributed by atoms with van der Waals surface area (Å²) in [4.78, 5) is 0. The summed E-state index contributed by atoms with van der Waals surface area (Å²) in [6.45, 7) is 0. The molecule has 0 aromatic carbocycles. The van der Waals surface area contributed by atoms with Crippen LogP contribution in [0.5, 0.6) is 0 Å². The predicted molar refractivity (Wildman–Crippen MR) is 46.4 cm³/mol. The first-order chi connectivity index (χ1) is 5.93. The second kappa shape index (κ2) is 1.40. The summed E-state index contributed by atoms with van der Waals surface area (Å²) < 4.78 is 0. The van der Waals surface area contributed by atoms with E-state index >= 15 is 0 Å². The first-order valence-corrected chi connectivity index (χ1v) is 5.93. The third-order valence-electron chi connectivity index (χ3n) is 6.47. The van der Waals surface area contributed by atoms with Gasteiger partial charge in [0.2, 0.25) is 0 Å². The molecule has 64 valence electrons. The number of hydrogen-bond acceptors (Lipinski definition) is 0. The van der Waals surface area contributed by atoms with Crippen molar-refractivity contribution in [1.29, 1.82) is 0 Å². The molecule has 0 heteroatoms. The molecule has 0 nitrogen and oxygen atoms in total. The largest absolute Gasteiger partial charge is 0.0470 e. The van der Waals surface area contributed by atoms with E-state index in [2.05, 4.69) is 0 Å². The van der Waals surface area contributed by atoms with Crippen LogP contribution < -0.4 is 0 Å². The van der Waals surface area contributed by atoms with E-state index in [1.54, 1.807) is 25.7 Å². The molecule has 5 saturated carbocycles. The van der Waals surface area contributed by atoms with Crippen molar-refractivity contribution >= 4 is 0 Å². The van der Waals surface area contributed by atoms with E-state index in [0.29, 0.717) is 0 Å². The normalized spacial score (nSPS) is 80.0. The minimum Gasteiger partial charge on any atom is -0.0470 e. The standard InChI is InChI=1S/C12H16/c1-5-2-7-8-3-6(1)12-10(8)4-9(7)11(5)12/h5-12H,1-4H2. The molecule has 0 heterocycles. The molecule has 5 fully saturated rings. The van der Waals surface area contributed by atoms with Crippen molar-refractivity contribution in [3.05, 3.63) is 0 Å². The van der Waals surface area contributed by atoms with E-state index in [9.17, 15) is 0 Å². The maximum absolute atomic E-state index is 1.68. The molecule has 5 rings (SSSR count). The van der Waals surface area contributed by atoms with Gasteiger partial charge in [0.05, 0.1) is 0 Å². The third-order valence-corrected chi connectivity index (χ3v) is 6.47. The van der Waals surface area contributed by atoms with E-state index in [1.165, 1.54) is 47.3 Å². The Morgan fingerprint density at radius 2 is 1.08 bits per heavy atom. The van der Waals surface area contributed by atoms with Crippen molar-refractivity contribution in [1.82, 2.24) is 0 Å². The Balaban J connectivity index is 1.87. The molecule has 2 bridgehead atoms. The van der Waals surface area contributed by atoms with Crippen LogP contribution in [-0.2, 0) is 0 Å². The zero-order valence-electron chi connectivity index (χ0n) is 7.45. The Morgan fingerprint density at radius 3 is 1.67 bits per heavy atom. The van der Waals surface area contributed by atoms with Crippen LogP contribution in [0.2, 0.25) is 0 Å². The summed E-state index contributed by atoms with van der Waals surface area (Å²) in [5, 5.41) is 0. The number of rotatable bonds is 0. The summed E-state index contributed by atoms with van der Waals surface area (Å²) in [6, 6.07) is 0. The van der Waals surface area contributed by atoms with Gasteiger partial charge >= 0.3 is 0 Å². The van der Waals surface area contributed by atoms with Crippen LogP contribution in [0.25, 0.3) is 0 Å². The molecule has 0 saturated heterocycles. The topological polar surface area (TPSA) is 0 Å². The Bertz CT molecular complexity index is 239. The van der Waals surface area contributed by atoms with Crippen LogP contribution in [0, 0.1) is 47.3 Å². The van der Waals surface area contributed by atoms with Gasteiger partial charge in [-0.3, -0.25) is 0 Å². The molecular formula is C12H16. The van der Waals surface area contributed by atoms with Crippen molar-refractivity contribution in [3.8, 4) is 0 Å². The lowest BCUT2D eigenvalue weighted by Gasteiger charge is -2.25. The lowest BCUT2D eigenvalue weighted by atomic mass is 9.80. The SMILES string of the molecule is C1C2CC3C4CC1C1C4CC3C21. The number of fused-ring (bicyclic) bond motifs is 1. The maximum Gasteiger partial charge on any atom is -0.0321 e. The summed E-state index contributed by atoms with van der Waals surface area (Å²) in [5.74, 6) is 9.99. The summed E-state index contributed by atoms with van der Waals surface area (Å²) in [7, 11) is 0. The van der Waals surface area contributed by atoms with Gasteiger partial charge in [0.25, 0.3) is 0 Å². The molecule has 0 aromatic heterocycles. The molecule has 0 spiro atoms. The van der Waals surface area contributed by atoms with E-state index in [1.807, 2.05) is 0 Å². The highest BCUT2D eigenvalue weighted by atomic mass is 14.8. The first-order valence-electron chi connectivity index (χ1n) is 5.93. The van der Waals surface area contributed by atoms with Gasteiger partial charge in [0.15, 0.2) is 0 Å². The Labute approximate surface area is 73.7 Å². The maximum atomic E-state index is 1.68. The Morgan fingerprint density at radius 1 is 0.500 bits per heavy atom. The second-order valence-corrected chi connectivity index (χ2v) is 6.27. The van der Waals surface area contributed by atoms with Gasteiger partial charge in [-0.15, -0.1) is 0 Å². The summed E-state index contributed by atoms with van der Waals surface area (Å²) in [6.07, 6.45) is 6.68. The lowest BCUT2D eigenvalue weighted by Crippen LogP contribution is -2.21. The lowest BCUT2D eigenvalue weighted by molar-refractivity contribution is 0.222. The minimum absolute atomic E-state index is 1.23. The molecule has 5 aliphatic carbocycles. The van der Waals surface area contributed by atoms with E-state index < -0.39 is 0 Å². The Hall–Kier alpha value is 0. The highest BCUT2D eigenvalue weighted by molar-refractivity contribution is 5.20. The molecule has 12 heavy (non-hydrogen) atoms. The second-order valence-electron chi connectivity index (χ2n) is 6.27. The molecule has 5 aliphatic rings. The van der Waals surface area contributed by atoms with Gasteiger partial charge in [-0.25, -0.2) is 0 Å². The quantitative estimate of drug-likeness (QED) is 0.511. The fraction of sp³-hybridized carbons (Fsp3) is 1.00. The van der Waals surface area contributed by atoms with Gasteiger partial charge in [-0.05, 0) is 73.0 Å². The van der Waals surface area contributed by atoms with E-state index in [-0.39, 0.29) is 0 Å². The van der Waals surface area contributed by atoms with Gasteiger partial charge in [-0.2, -0.15) is 0 Å². The highest BCUT2D eigenvalue weighted by Crippen LogP contribution is 2.78. The van der Waals surface area contributed by atoms with Crippen LogP contribution in [0.3, 0.4) is 0 Å². The summed E-state index contributed by atoms with van der Waals surface area (Å²) >= 11 is 0. The smallest absolute Gasteiger partial charge is 0.0321 e. The van der Waals surface area contributed by atoms with Crippen LogP contribution in [-0.4, -0.2) is 0 Å². The van der Waals surface area contributed by atoms with E-state index in [4.69, 9.17) is 0 Å². The average molecular weight is 160 g/mol. The molecule has 0 radical (unpaired) electrons. The molecule has 8 unspecified atom stereocenters. The van der Waals surface area contributed by atoms with Crippen molar-refractivity contribution < 1.29 is 0 Å². The van der Waals surface area contributed by atoms with Crippen molar-refractivity contribution in [2.45, 2.75) is 25.7 Å². The average Bonchev–Trinajstić information content (AvgIpc) is 2.57. The predicted octanol–water partition coefficient (Wildman–Crippen LogP) is 2.54. The zero-order valence-corrected chi connectivity index (χ0v) is 7.45. The monoisotopic (exact) mass is 160 g/mol. The Kier molecular flexibility index (Phi) is 0.663. The molecule has 8 atom stereocenters. The van der Waals surface area contributed by atoms with Crippen LogP contribution >= 0.6 is 0 Å². The summed E-state index contributed by atoms with van der Waals surface area (Å²) in [5.41, 5.74) is 0. The minimum atomic E-state index is 1.23. The first kappa shape index (κ1) is 5.67. The van der Waals surface area contributed by atoms with Crippen molar-refractivity contribution in [2.24, 2.45) is 47.3 Å². The van der Waals surface area contributed by atoms with Crippen molar-refractivity contribution in [3.63, 3.8) is 0 Å². The van der Waals surface area contributed by atoms with Gasteiger partial charge < -0.3 is 0 Å². The highest BCUT2D eigenvalue weighted by Gasteiger charge is 2.71. The van der Waals surface area contributed by atoms with Gasteiger partial charge in [0.1, 0.15) is 0 Å². The van der Waals surface area contributed by atoms with Crippen molar-refractivity contribution in [2.75, 3.05) is 0 Å². The fourth-order valence-electron chi connectivity index (χ4n) is 6.69. The van der Waals surface area contributed by atoms with E-state index in [0.717, 1.165) is 0 Å². The molecule has 0 N–H and O–H groups in total. The molecule has 0 aromatic rings. The molecule has 0 amide bonds. The fourth-order valence-corrected chi connectivity index (χ4v) is 6.69. The van der Waals surface area contributed by atoms with Crippen LogP contribution in [0.15, 0.2) is 0 Å². The number of hydrogen-bond donors (Lipinski definition) is 0.